The van der Waals surface area contributed by atoms with Crippen LogP contribution in [0.5, 0.6) is 5.75 Å². The number of carbonyl (C=O) groups is 1. The first-order valence-corrected chi connectivity index (χ1v) is 5.52. The van der Waals surface area contributed by atoms with Gasteiger partial charge in [0.05, 0.1) is 13.7 Å². The van der Waals surface area contributed by atoms with Gasteiger partial charge in [-0.2, -0.15) is 0 Å². The molecule has 1 aromatic carbocycles. The Balaban J connectivity index is 2.23. The molecule has 0 aliphatic carbocycles. The zero-order chi connectivity index (χ0) is 13.4. The standard InChI is InChI=1S/C12H17FN2O3/c1-17-11-3-2-9(6-10(11)13)7-15-4-5-18-8-12(14)16/h2-3,6,15H,4-5,7-8H2,1H3,(H2,14,16). The minimum absolute atomic E-state index is 0.0845. The molecule has 6 heteroatoms. The molecule has 0 aromatic heterocycles. The monoisotopic (exact) mass is 256 g/mol. The Hall–Kier alpha value is -1.66. The second-order valence-corrected chi connectivity index (χ2v) is 3.66. The highest BCUT2D eigenvalue weighted by molar-refractivity contribution is 5.74. The average Bonchev–Trinajstić information content (AvgIpc) is 2.33. The number of methoxy groups -OCH3 is 1. The number of hydrogen-bond donors (Lipinski definition) is 2. The van der Waals surface area contributed by atoms with Crippen molar-refractivity contribution >= 4 is 5.91 Å². The third kappa shape index (κ3) is 5.11. The molecular weight excluding hydrogens is 239 g/mol. The predicted octanol–water partition coefficient (Wildman–Crippen LogP) is 0.426. The summed E-state index contributed by atoms with van der Waals surface area (Å²) in [6.07, 6.45) is 0. The summed E-state index contributed by atoms with van der Waals surface area (Å²) in [5.74, 6) is -0.655. The lowest BCUT2D eigenvalue weighted by molar-refractivity contribution is -0.122. The largest absolute Gasteiger partial charge is 0.494 e. The Labute approximate surface area is 105 Å². The summed E-state index contributed by atoms with van der Waals surface area (Å²) in [6, 6.07) is 4.77. The average molecular weight is 256 g/mol. The zero-order valence-corrected chi connectivity index (χ0v) is 10.2. The van der Waals surface area contributed by atoms with Crippen molar-refractivity contribution in [2.24, 2.45) is 5.73 Å². The van der Waals surface area contributed by atoms with Crippen LogP contribution in [0.15, 0.2) is 18.2 Å². The molecule has 1 aromatic rings. The fourth-order valence-electron chi connectivity index (χ4n) is 1.37. The molecule has 5 nitrogen and oxygen atoms in total. The molecule has 1 amide bonds. The van der Waals surface area contributed by atoms with Gasteiger partial charge in [-0.1, -0.05) is 6.07 Å². The van der Waals surface area contributed by atoms with Crippen molar-refractivity contribution in [3.05, 3.63) is 29.6 Å². The van der Waals surface area contributed by atoms with Gasteiger partial charge in [0.2, 0.25) is 5.91 Å². The number of nitrogens with two attached hydrogens (primary N) is 1. The number of halogens is 1. The summed E-state index contributed by atoms with van der Waals surface area (Å²) in [6.45, 7) is 1.36. The molecule has 0 aliphatic rings. The summed E-state index contributed by atoms with van der Waals surface area (Å²) in [5.41, 5.74) is 5.71. The van der Waals surface area contributed by atoms with Crippen LogP contribution in [0.1, 0.15) is 5.56 Å². The zero-order valence-electron chi connectivity index (χ0n) is 10.2. The van der Waals surface area contributed by atoms with Crippen molar-refractivity contribution in [1.82, 2.24) is 5.32 Å². The van der Waals surface area contributed by atoms with Gasteiger partial charge in [0.15, 0.2) is 11.6 Å². The molecule has 0 saturated carbocycles. The molecule has 1 rings (SSSR count). The Morgan fingerprint density at radius 3 is 2.89 bits per heavy atom. The van der Waals surface area contributed by atoms with E-state index in [1.807, 2.05) is 0 Å². The molecule has 0 spiro atoms. The first-order valence-electron chi connectivity index (χ1n) is 5.52. The van der Waals surface area contributed by atoms with E-state index in [1.54, 1.807) is 12.1 Å². The van der Waals surface area contributed by atoms with Gasteiger partial charge < -0.3 is 20.5 Å². The maximum atomic E-state index is 13.3. The Kier molecular flexibility index (Phi) is 6.10. The van der Waals surface area contributed by atoms with Crippen LogP contribution in [0.2, 0.25) is 0 Å². The number of benzene rings is 1. The highest BCUT2D eigenvalue weighted by Gasteiger charge is 2.02. The van der Waals surface area contributed by atoms with Crippen LogP contribution in [0.4, 0.5) is 4.39 Å². The number of amides is 1. The van der Waals surface area contributed by atoms with E-state index in [2.05, 4.69) is 5.32 Å². The van der Waals surface area contributed by atoms with Crippen LogP contribution >= 0.6 is 0 Å². The summed E-state index contributed by atoms with van der Waals surface area (Å²) in [7, 11) is 1.42. The van der Waals surface area contributed by atoms with Crippen LogP contribution in [-0.4, -0.2) is 32.8 Å². The SMILES string of the molecule is COc1ccc(CNCCOCC(N)=O)cc1F. The van der Waals surface area contributed by atoms with Gasteiger partial charge >= 0.3 is 0 Å². The van der Waals surface area contributed by atoms with Crippen LogP contribution < -0.4 is 15.8 Å². The van der Waals surface area contributed by atoms with Crippen molar-refractivity contribution < 1.29 is 18.7 Å². The van der Waals surface area contributed by atoms with Gasteiger partial charge in [-0.05, 0) is 17.7 Å². The molecule has 18 heavy (non-hydrogen) atoms. The fourth-order valence-corrected chi connectivity index (χ4v) is 1.37. The number of hydrogen-bond acceptors (Lipinski definition) is 4. The highest BCUT2D eigenvalue weighted by Crippen LogP contribution is 2.17. The van der Waals surface area contributed by atoms with E-state index in [1.165, 1.54) is 13.2 Å². The predicted molar refractivity (Wildman–Crippen MR) is 64.7 cm³/mol. The molecular formula is C12H17FN2O3. The number of nitrogens with one attached hydrogen (secondary N) is 1. The smallest absolute Gasteiger partial charge is 0.243 e. The summed E-state index contributed by atoms with van der Waals surface area (Å²) in [5, 5.41) is 3.06. The highest BCUT2D eigenvalue weighted by atomic mass is 19.1. The third-order valence-corrected chi connectivity index (χ3v) is 2.21. The quantitative estimate of drug-likeness (QED) is 0.661. The van der Waals surface area contributed by atoms with Crippen LogP contribution in [0.3, 0.4) is 0 Å². The molecule has 0 heterocycles. The van der Waals surface area contributed by atoms with E-state index in [4.69, 9.17) is 15.2 Å². The lowest BCUT2D eigenvalue weighted by atomic mass is 10.2. The molecule has 0 unspecified atom stereocenters. The summed E-state index contributed by atoms with van der Waals surface area (Å²) < 4.78 is 23.1. The Bertz CT molecular complexity index is 399. The van der Waals surface area contributed by atoms with Crippen molar-refractivity contribution in [3.63, 3.8) is 0 Å². The molecule has 100 valence electrons. The van der Waals surface area contributed by atoms with E-state index < -0.39 is 5.91 Å². The maximum absolute atomic E-state index is 13.3. The Morgan fingerprint density at radius 1 is 1.50 bits per heavy atom. The fraction of sp³-hybridized carbons (Fsp3) is 0.417. The van der Waals surface area contributed by atoms with Crippen molar-refractivity contribution in [3.8, 4) is 5.75 Å². The topological polar surface area (TPSA) is 73.6 Å². The molecule has 0 saturated heterocycles. The van der Waals surface area contributed by atoms with Crippen molar-refractivity contribution in [2.75, 3.05) is 26.9 Å². The molecule has 0 radical (unpaired) electrons. The number of rotatable bonds is 8. The lowest BCUT2D eigenvalue weighted by Gasteiger charge is -2.07. The van der Waals surface area contributed by atoms with E-state index >= 15 is 0 Å². The van der Waals surface area contributed by atoms with Crippen molar-refractivity contribution in [2.45, 2.75) is 6.54 Å². The van der Waals surface area contributed by atoms with Gasteiger partial charge in [-0.15, -0.1) is 0 Å². The minimum Gasteiger partial charge on any atom is -0.494 e. The number of primary amides is 1. The summed E-state index contributed by atoms with van der Waals surface area (Å²) in [4.78, 5) is 10.4. The maximum Gasteiger partial charge on any atom is 0.243 e. The van der Waals surface area contributed by atoms with E-state index in [-0.39, 0.29) is 18.2 Å². The summed E-state index contributed by atoms with van der Waals surface area (Å²) >= 11 is 0. The first-order chi connectivity index (χ1) is 8.63. The third-order valence-electron chi connectivity index (χ3n) is 2.21. The normalized spacial score (nSPS) is 10.3. The number of ether oxygens (including phenoxy) is 2. The second-order valence-electron chi connectivity index (χ2n) is 3.66. The van der Waals surface area contributed by atoms with Crippen LogP contribution in [0, 0.1) is 5.82 Å². The van der Waals surface area contributed by atoms with Crippen molar-refractivity contribution in [1.29, 1.82) is 0 Å². The molecule has 0 atom stereocenters. The van der Waals surface area contributed by atoms with E-state index in [0.717, 1.165) is 5.56 Å². The van der Waals surface area contributed by atoms with Crippen LogP contribution in [-0.2, 0) is 16.1 Å². The molecule has 0 bridgehead atoms. The van der Waals surface area contributed by atoms with Gasteiger partial charge in [0, 0.05) is 13.1 Å². The molecule has 3 N–H and O–H groups in total. The molecule has 0 fully saturated rings. The number of carbonyl (C=O) groups excluding carboxylic acids is 1. The van der Waals surface area contributed by atoms with Gasteiger partial charge in [0.25, 0.3) is 0 Å². The molecule has 0 aliphatic heterocycles. The Morgan fingerprint density at radius 2 is 2.28 bits per heavy atom. The lowest BCUT2D eigenvalue weighted by Crippen LogP contribution is -2.23. The van der Waals surface area contributed by atoms with Gasteiger partial charge in [-0.3, -0.25) is 4.79 Å². The van der Waals surface area contributed by atoms with Crippen LogP contribution in [0.25, 0.3) is 0 Å². The van der Waals surface area contributed by atoms with Gasteiger partial charge in [-0.25, -0.2) is 4.39 Å². The minimum atomic E-state index is -0.493. The van der Waals surface area contributed by atoms with E-state index in [9.17, 15) is 9.18 Å². The van der Waals surface area contributed by atoms with E-state index in [0.29, 0.717) is 19.7 Å². The first kappa shape index (κ1) is 14.4. The van der Waals surface area contributed by atoms with Gasteiger partial charge in [0.1, 0.15) is 6.61 Å². The second kappa shape index (κ2) is 7.62.